The lowest BCUT2D eigenvalue weighted by Gasteiger charge is -2.20. The van der Waals surface area contributed by atoms with Crippen LogP contribution in [0.3, 0.4) is 0 Å². The number of methoxy groups -OCH3 is 1. The first-order valence-corrected chi connectivity index (χ1v) is 10.3. The molecule has 0 spiro atoms. The third-order valence-corrected chi connectivity index (χ3v) is 5.32. The summed E-state index contributed by atoms with van der Waals surface area (Å²) >= 11 is 0. The van der Waals surface area contributed by atoms with Gasteiger partial charge in [-0.25, -0.2) is 4.98 Å². The fraction of sp³-hybridized carbons (Fsp3) is 0.185. The van der Waals surface area contributed by atoms with Gasteiger partial charge in [0.1, 0.15) is 11.6 Å². The molecule has 4 nitrogen and oxygen atoms in total. The van der Waals surface area contributed by atoms with Crippen molar-refractivity contribution in [3.05, 3.63) is 100 Å². The van der Waals surface area contributed by atoms with Crippen LogP contribution in [0.15, 0.2) is 77.6 Å². The molecule has 0 radical (unpaired) electrons. The summed E-state index contributed by atoms with van der Waals surface area (Å²) in [5.74, 6) is 1.34. The summed E-state index contributed by atoms with van der Waals surface area (Å²) in [5.41, 5.74) is 3.44. The first kappa shape index (κ1) is 20.6. The van der Waals surface area contributed by atoms with Gasteiger partial charge in [-0.15, -0.1) is 0 Å². The molecule has 4 rings (SSSR count). The first-order valence-electron chi connectivity index (χ1n) is 10.3. The second-order valence-corrected chi connectivity index (χ2v) is 8.50. The number of benzene rings is 3. The summed E-state index contributed by atoms with van der Waals surface area (Å²) in [7, 11) is 1.65. The van der Waals surface area contributed by atoms with Gasteiger partial charge in [0.15, 0.2) is 0 Å². The lowest BCUT2D eigenvalue weighted by molar-refractivity contribution is 0.414. The van der Waals surface area contributed by atoms with Crippen LogP contribution < -0.4 is 10.3 Å². The maximum absolute atomic E-state index is 13.5. The van der Waals surface area contributed by atoms with Crippen molar-refractivity contribution in [2.24, 2.45) is 0 Å². The minimum Gasteiger partial charge on any atom is -0.496 e. The summed E-state index contributed by atoms with van der Waals surface area (Å²) in [6.07, 6.45) is 3.80. The van der Waals surface area contributed by atoms with Crippen LogP contribution >= 0.6 is 0 Å². The van der Waals surface area contributed by atoms with Crippen molar-refractivity contribution in [2.75, 3.05) is 7.11 Å². The van der Waals surface area contributed by atoms with Gasteiger partial charge in [-0.05, 0) is 53.5 Å². The largest absolute Gasteiger partial charge is 0.496 e. The van der Waals surface area contributed by atoms with Crippen LogP contribution in [-0.2, 0) is 5.41 Å². The fourth-order valence-corrected chi connectivity index (χ4v) is 3.59. The molecule has 0 saturated carbocycles. The van der Waals surface area contributed by atoms with E-state index in [4.69, 9.17) is 9.72 Å². The Morgan fingerprint density at radius 2 is 1.65 bits per heavy atom. The highest BCUT2D eigenvalue weighted by atomic mass is 16.5. The molecule has 0 aliphatic heterocycles. The minimum atomic E-state index is -0.0867. The monoisotopic (exact) mass is 410 g/mol. The molecule has 0 bridgehead atoms. The van der Waals surface area contributed by atoms with Crippen molar-refractivity contribution in [1.29, 1.82) is 0 Å². The van der Waals surface area contributed by atoms with Gasteiger partial charge in [-0.2, -0.15) is 0 Å². The number of rotatable bonds is 4. The zero-order valence-corrected chi connectivity index (χ0v) is 18.3. The molecule has 0 saturated heterocycles. The Labute approximate surface area is 182 Å². The third-order valence-electron chi connectivity index (χ3n) is 5.32. The molecule has 1 heterocycles. The van der Waals surface area contributed by atoms with Crippen molar-refractivity contribution in [3.8, 4) is 11.4 Å². The standard InChI is InChI=1S/C27H26N2O2/c1-27(2,3)20-11-9-12-21(18-20)29-25(17-16-19-10-5-8-15-24(19)31-4)28-23-14-7-6-13-22(23)26(29)30/h5-18H,1-4H3/b17-16+. The van der Waals surface area contributed by atoms with Gasteiger partial charge in [0.25, 0.3) is 5.56 Å². The van der Waals surface area contributed by atoms with Crippen LogP contribution in [-0.4, -0.2) is 16.7 Å². The van der Waals surface area contributed by atoms with Gasteiger partial charge < -0.3 is 4.74 Å². The van der Waals surface area contributed by atoms with Crippen molar-refractivity contribution < 1.29 is 4.74 Å². The number of para-hydroxylation sites is 2. The average molecular weight is 411 g/mol. The first-order chi connectivity index (χ1) is 14.9. The maximum atomic E-state index is 13.5. The Morgan fingerprint density at radius 1 is 0.903 bits per heavy atom. The molecular weight excluding hydrogens is 384 g/mol. The minimum absolute atomic E-state index is 0.0305. The molecule has 0 aliphatic rings. The number of fused-ring (bicyclic) bond motifs is 1. The highest BCUT2D eigenvalue weighted by molar-refractivity contribution is 5.80. The van der Waals surface area contributed by atoms with Gasteiger partial charge in [0.2, 0.25) is 0 Å². The van der Waals surface area contributed by atoms with E-state index in [0.717, 1.165) is 22.6 Å². The molecule has 0 fully saturated rings. The molecule has 0 unspecified atom stereocenters. The van der Waals surface area contributed by atoms with Crippen LogP contribution in [0.5, 0.6) is 5.75 Å². The number of nitrogens with zero attached hydrogens (tertiary/aromatic N) is 2. The molecule has 156 valence electrons. The Balaban J connectivity index is 1.95. The highest BCUT2D eigenvalue weighted by Crippen LogP contribution is 2.25. The van der Waals surface area contributed by atoms with E-state index in [1.807, 2.05) is 72.8 Å². The second kappa shape index (κ2) is 8.23. The van der Waals surface area contributed by atoms with E-state index in [9.17, 15) is 4.79 Å². The third kappa shape index (κ3) is 4.15. The molecule has 0 atom stereocenters. The second-order valence-electron chi connectivity index (χ2n) is 8.50. The molecule has 3 aromatic carbocycles. The molecule has 0 N–H and O–H groups in total. The topological polar surface area (TPSA) is 44.1 Å². The van der Waals surface area contributed by atoms with Crippen LogP contribution in [0.4, 0.5) is 0 Å². The van der Waals surface area contributed by atoms with E-state index in [1.54, 1.807) is 11.7 Å². The van der Waals surface area contributed by atoms with E-state index >= 15 is 0 Å². The van der Waals surface area contributed by atoms with Gasteiger partial charge in [0.05, 0.1) is 23.7 Å². The van der Waals surface area contributed by atoms with E-state index in [-0.39, 0.29) is 11.0 Å². The van der Waals surface area contributed by atoms with Crippen molar-refractivity contribution in [2.45, 2.75) is 26.2 Å². The van der Waals surface area contributed by atoms with Gasteiger partial charge in [-0.3, -0.25) is 9.36 Å². The summed E-state index contributed by atoms with van der Waals surface area (Å²) in [6.45, 7) is 6.49. The Morgan fingerprint density at radius 3 is 2.42 bits per heavy atom. The predicted octanol–water partition coefficient (Wildman–Crippen LogP) is 5.86. The number of hydrogen-bond acceptors (Lipinski definition) is 3. The normalized spacial score (nSPS) is 11.9. The van der Waals surface area contributed by atoms with E-state index in [2.05, 4.69) is 32.9 Å². The van der Waals surface area contributed by atoms with Gasteiger partial charge in [-0.1, -0.05) is 63.2 Å². The molecule has 0 aliphatic carbocycles. The Hall–Kier alpha value is -3.66. The predicted molar refractivity (Wildman–Crippen MR) is 128 cm³/mol. The van der Waals surface area contributed by atoms with Gasteiger partial charge in [0, 0.05) is 5.56 Å². The van der Waals surface area contributed by atoms with E-state index in [1.165, 1.54) is 0 Å². The quantitative estimate of drug-likeness (QED) is 0.423. The molecule has 4 aromatic rings. The Bertz CT molecular complexity index is 1330. The summed E-state index contributed by atoms with van der Waals surface area (Å²) in [6, 6.07) is 23.3. The molecule has 4 heteroatoms. The van der Waals surface area contributed by atoms with E-state index < -0.39 is 0 Å². The number of hydrogen-bond donors (Lipinski definition) is 0. The summed E-state index contributed by atoms with van der Waals surface area (Å²) < 4.78 is 7.14. The van der Waals surface area contributed by atoms with Crippen LogP contribution in [0.1, 0.15) is 37.7 Å². The molecule has 1 aromatic heterocycles. The molecular formula is C27H26N2O2. The zero-order chi connectivity index (χ0) is 22.0. The summed E-state index contributed by atoms with van der Waals surface area (Å²) in [5, 5.41) is 0.595. The highest BCUT2D eigenvalue weighted by Gasteiger charge is 2.16. The van der Waals surface area contributed by atoms with Crippen LogP contribution in [0.25, 0.3) is 28.7 Å². The molecule has 0 amide bonds. The SMILES string of the molecule is COc1ccccc1/C=C/c1nc2ccccc2c(=O)n1-c1cccc(C(C)(C)C)c1. The zero-order valence-electron chi connectivity index (χ0n) is 18.3. The number of aromatic nitrogens is 2. The van der Waals surface area contributed by atoms with Crippen LogP contribution in [0.2, 0.25) is 0 Å². The Kier molecular flexibility index (Phi) is 5.47. The maximum Gasteiger partial charge on any atom is 0.266 e. The van der Waals surface area contributed by atoms with Crippen LogP contribution in [0, 0.1) is 0 Å². The summed E-state index contributed by atoms with van der Waals surface area (Å²) in [4.78, 5) is 18.3. The molecule has 31 heavy (non-hydrogen) atoms. The smallest absolute Gasteiger partial charge is 0.266 e. The van der Waals surface area contributed by atoms with E-state index in [0.29, 0.717) is 16.7 Å². The number of ether oxygens (including phenoxy) is 1. The van der Waals surface area contributed by atoms with Gasteiger partial charge >= 0.3 is 0 Å². The lowest BCUT2D eigenvalue weighted by Crippen LogP contribution is -2.23. The average Bonchev–Trinajstić information content (AvgIpc) is 2.77. The van der Waals surface area contributed by atoms with Crippen molar-refractivity contribution in [3.63, 3.8) is 0 Å². The lowest BCUT2D eigenvalue weighted by atomic mass is 9.87. The van der Waals surface area contributed by atoms with Crippen molar-refractivity contribution in [1.82, 2.24) is 9.55 Å². The van der Waals surface area contributed by atoms with Crippen molar-refractivity contribution >= 4 is 23.1 Å². The fourth-order valence-electron chi connectivity index (χ4n) is 3.59.